The summed E-state index contributed by atoms with van der Waals surface area (Å²) in [5, 5.41) is 17.4. The molecule has 2 rings (SSSR count). The quantitative estimate of drug-likeness (QED) is 0.650. The summed E-state index contributed by atoms with van der Waals surface area (Å²) in [6, 6.07) is 0. The Hall–Kier alpha value is -0.570. The van der Waals surface area contributed by atoms with E-state index in [2.05, 4.69) is 20.8 Å². The number of hydrogen-bond donors (Lipinski definition) is 2. The van der Waals surface area contributed by atoms with Gasteiger partial charge in [-0.25, -0.2) is 0 Å². The highest BCUT2D eigenvalue weighted by molar-refractivity contribution is 5.62. The van der Waals surface area contributed by atoms with E-state index in [-0.39, 0.29) is 16.9 Å². The van der Waals surface area contributed by atoms with Gasteiger partial charge in [0, 0.05) is 6.92 Å². The first kappa shape index (κ1) is 12.5. The number of carbonyl (C=O) groups is 1. The van der Waals surface area contributed by atoms with Crippen LogP contribution in [0.3, 0.4) is 0 Å². The van der Waals surface area contributed by atoms with Crippen LogP contribution in [0.1, 0.15) is 47.0 Å². The van der Waals surface area contributed by atoms with E-state index >= 15 is 0 Å². The molecule has 0 amide bonds. The molecule has 0 radical (unpaired) electrons. The van der Waals surface area contributed by atoms with Crippen molar-refractivity contribution in [2.24, 2.45) is 16.7 Å². The topological polar surface area (TPSA) is 57.5 Å². The van der Waals surface area contributed by atoms with Crippen LogP contribution < -0.4 is 0 Å². The first-order valence-electron chi connectivity index (χ1n) is 5.58. The average Bonchev–Trinajstić information content (AvgIpc) is 2.52. The lowest BCUT2D eigenvalue weighted by molar-refractivity contribution is -0.134. The molecule has 2 aliphatic carbocycles. The van der Waals surface area contributed by atoms with Crippen LogP contribution in [-0.2, 0) is 4.79 Å². The Bertz CT molecular complexity index is 251. The third-order valence-electron chi connectivity index (χ3n) is 4.19. The first-order valence-corrected chi connectivity index (χ1v) is 5.58. The largest absolute Gasteiger partial charge is 0.481 e. The molecule has 0 aliphatic heterocycles. The molecule has 88 valence electrons. The predicted molar refractivity (Wildman–Crippen MR) is 58.5 cm³/mol. The number of rotatable bonds is 0. The maximum atomic E-state index is 10.0. The zero-order chi connectivity index (χ0) is 11.9. The Morgan fingerprint density at radius 3 is 2.00 bits per heavy atom. The fourth-order valence-corrected chi connectivity index (χ4v) is 3.28. The van der Waals surface area contributed by atoms with Gasteiger partial charge in [-0.15, -0.1) is 0 Å². The van der Waals surface area contributed by atoms with Crippen LogP contribution in [0.4, 0.5) is 0 Å². The van der Waals surface area contributed by atoms with Gasteiger partial charge < -0.3 is 10.2 Å². The third-order valence-corrected chi connectivity index (χ3v) is 4.19. The minimum atomic E-state index is -0.833. The molecule has 15 heavy (non-hydrogen) atoms. The van der Waals surface area contributed by atoms with Gasteiger partial charge in [0.1, 0.15) is 0 Å². The van der Waals surface area contributed by atoms with Gasteiger partial charge in [0.05, 0.1) is 6.10 Å². The normalized spacial score (nSPS) is 40.9. The maximum Gasteiger partial charge on any atom is 0.300 e. The van der Waals surface area contributed by atoms with Crippen molar-refractivity contribution in [1.29, 1.82) is 0 Å². The van der Waals surface area contributed by atoms with Crippen LogP contribution >= 0.6 is 0 Å². The minimum Gasteiger partial charge on any atom is -0.481 e. The van der Waals surface area contributed by atoms with Gasteiger partial charge >= 0.3 is 0 Å². The lowest BCUT2D eigenvalue weighted by atomic mass is 9.70. The molecule has 0 saturated heterocycles. The van der Waals surface area contributed by atoms with E-state index in [0.717, 1.165) is 12.8 Å². The number of carboxylic acid groups (broad SMARTS) is 1. The van der Waals surface area contributed by atoms with E-state index in [0.29, 0.717) is 0 Å². The zero-order valence-corrected chi connectivity index (χ0v) is 10.1. The van der Waals surface area contributed by atoms with Crippen LogP contribution in [0.25, 0.3) is 0 Å². The van der Waals surface area contributed by atoms with Crippen molar-refractivity contribution in [3.63, 3.8) is 0 Å². The smallest absolute Gasteiger partial charge is 0.300 e. The molecule has 2 saturated carbocycles. The molecule has 3 atom stereocenters. The number of fused-ring (bicyclic) bond motifs is 2. The summed E-state index contributed by atoms with van der Waals surface area (Å²) in [5.41, 5.74) is 0.446. The maximum absolute atomic E-state index is 10.0. The van der Waals surface area contributed by atoms with Gasteiger partial charge in [-0.1, -0.05) is 20.8 Å². The Balaban J connectivity index is 0.000000245. The standard InChI is InChI=1S/C10H18O.C2H4O2/c1-9(2)7-4-5-10(3,6-7)8(9)11;1-2(3)4/h7-8,11H,4-6H2,1-3H3;1H3,(H,3,4). The number of aliphatic hydroxyl groups excluding tert-OH is 1. The van der Waals surface area contributed by atoms with Crippen LogP contribution in [0.2, 0.25) is 0 Å². The van der Waals surface area contributed by atoms with Crippen molar-refractivity contribution in [2.45, 2.75) is 53.1 Å². The van der Waals surface area contributed by atoms with Crippen LogP contribution in [-0.4, -0.2) is 22.3 Å². The highest BCUT2D eigenvalue weighted by atomic mass is 16.4. The summed E-state index contributed by atoms with van der Waals surface area (Å²) in [4.78, 5) is 9.00. The molecule has 0 aromatic rings. The molecule has 0 aromatic heterocycles. The summed E-state index contributed by atoms with van der Waals surface area (Å²) in [5.74, 6) is -0.0532. The van der Waals surface area contributed by atoms with E-state index in [1.54, 1.807) is 0 Å². The Morgan fingerprint density at radius 1 is 1.33 bits per heavy atom. The van der Waals surface area contributed by atoms with Crippen LogP contribution in [0, 0.1) is 16.7 Å². The van der Waals surface area contributed by atoms with Crippen LogP contribution in [0.5, 0.6) is 0 Å². The fourth-order valence-electron chi connectivity index (χ4n) is 3.28. The molecule has 2 N–H and O–H groups in total. The van der Waals surface area contributed by atoms with Crippen molar-refractivity contribution in [1.82, 2.24) is 0 Å². The molecule has 2 bridgehead atoms. The van der Waals surface area contributed by atoms with E-state index in [1.807, 2.05) is 0 Å². The van der Waals surface area contributed by atoms with Crippen LogP contribution in [0.15, 0.2) is 0 Å². The number of hydrogen-bond acceptors (Lipinski definition) is 2. The van der Waals surface area contributed by atoms with Gasteiger partial charge in [-0.05, 0) is 36.0 Å². The zero-order valence-electron chi connectivity index (χ0n) is 10.1. The van der Waals surface area contributed by atoms with E-state index in [1.165, 1.54) is 19.3 Å². The lowest BCUT2D eigenvalue weighted by Gasteiger charge is -2.38. The summed E-state index contributed by atoms with van der Waals surface area (Å²) < 4.78 is 0. The van der Waals surface area contributed by atoms with E-state index in [9.17, 15) is 5.11 Å². The second-order valence-corrected chi connectivity index (χ2v) is 5.84. The van der Waals surface area contributed by atoms with Gasteiger partial charge in [-0.3, -0.25) is 4.79 Å². The van der Waals surface area contributed by atoms with Gasteiger partial charge in [0.15, 0.2) is 0 Å². The van der Waals surface area contributed by atoms with Gasteiger partial charge in [-0.2, -0.15) is 0 Å². The predicted octanol–water partition coefficient (Wildman–Crippen LogP) is 2.28. The summed E-state index contributed by atoms with van der Waals surface area (Å²) in [7, 11) is 0. The van der Waals surface area contributed by atoms with E-state index in [4.69, 9.17) is 9.90 Å². The highest BCUT2D eigenvalue weighted by Gasteiger charge is 2.58. The van der Waals surface area contributed by atoms with Gasteiger partial charge in [0.2, 0.25) is 0 Å². The molecule has 3 nitrogen and oxygen atoms in total. The van der Waals surface area contributed by atoms with Crippen molar-refractivity contribution in [3.8, 4) is 0 Å². The molecule has 3 heteroatoms. The molecule has 0 heterocycles. The minimum absolute atomic E-state index is 0.0613. The monoisotopic (exact) mass is 214 g/mol. The third kappa shape index (κ3) is 2.17. The first-order chi connectivity index (χ1) is 6.70. The molecule has 0 aromatic carbocycles. The van der Waals surface area contributed by atoms with E-state index < -0.39 is 5.97 Å². The van der Waals surface area contributed by atoms with Crippen molar-refractivity contribution >= 4 is 5.97 Å². The molecular formula is C12H22O3. The number of aliphatic hydroxyl groups is 1. The number of aliphatic carboxylic acids is 1. The highest BCUT2D eigenvalue weighted by Crippen LogP contribution is 2.62. The SMILES string of the molecule is CC(=O)O.CC12CCC(C1)C(C)(C)C2O. The summed E-state index contributed by atoms with van der Waals surface area (Å²) in [6.07, 6.45) is 3.76. The fraction of sp³-hybridized carbons (Fsp3) is 0.917. The molecule has 2 fully saturated rings. The molecule has 0 spiro atoms. The number of carboxylic acids is 1. The van der Waals surface area contributed by atoms with Gasteiger partial charge in [0.25, 0.3) is 5.97 Å². The Labute approximate surface area is 91.5 Å². The molecule has 3 unspecified atom stereocenters. The second kappa shape index (κ2) is 3.78. The average molecular weight is 214 g/mol. The molecule has 2 aliphatic rings. The van der Waals surface area contributed by atoms with Crippen molar-refractivity contribution in [3.05, 3.63) is 0 Å². The Morgan fingerprint density at radius 2 is 1.80 bits per heavy atom. The van der Waals surface area contributed by atoms with Crippen molar-refractivity contribution < 1.29 is 15.0 Å². The Kier molecular flexibility index (Phi) is 3.15. The second-order valence-electron chi connectivity index (χ2n) is 5.84. The summed E-state index contributed by atoms with van der Waals surface area (Å²) >= 11 is 0. The lowest BCUT2D eigenvalue weighted by Crippen LogP contribution is -2.39. The van der Waals surface area contributed by atoms with Crippen molar-refractivity contribution in [2.75, 3.05) is 0 Å². The summed E-state index contributed by atoms with van der Waals surface area (Å²) in [6.45, 7) is 7.76. The molecular weight excluding hydrogens is 192 g/mol.